The van der Waals surface area contributed by atoms with E-state index in [9.17, 15) is 10.1 Å². The first-order chi connectivity index (χ1) is 13.4. The van der Waals surface area contributed by atoms with Gasteiger partial charge in [-0.15, -0.1) is 0 Å². The van der Waals surface area contributed by atoms with Crippen molar-refractivity contribution in [1.29, 1.82) is 5.26 Å². The molecule has 1 atom stereocenters. The summed E-state index contributed by atoms with van der Waals surface area (Å²) in [4.78, 5) is 15.0. The first kappa shape index (κ1) is 20.1. The molecule has 7 heteroatoms. The molecule has 0 spiro atoms. The van der Waals surface area contributed by atoms with Gasteiger partial charge in [0.25, 0.3) is 0 Å². The maximum Gasteiger partial charge on any atom is 0.338 e. The third-order valence-electron chi connectivity index (χ3n) is 5.25. The molecule has 1 fully saturated rings. The quantitative estimate of drug-likeness (QED) is 0.770. The van der Waals surface area contributed by atoms with Crippen molar-refractivity contribution in [2.24, 2.45) is 5.73 Å². The largest absolute Gasteiger partial charge is 0.463 e. The molecule has 28 heavy (non-hydrogen) atoms. The Hall–Kier alpha value is -2.65. The number of hydrogen-bond acceptors (Lipinski definition) is 6. The van der Waals surface area contributed by atoms with Crippen LogP contribution < -0.4 is 10.6 Å². The summed E-state index contributed by atoms with van der Waals surface area (Å²) in [6, 6.07) is 5.96. The minimum Gasteiger partial charge on any atom is -0.463 e. The lowest BCUT2D eigenvalue weighted by molar-refractivity contribution is -0.139. The van der Waals surface area contributed by atoms with E-state index in [0.717, 1.165) is 37.2 Å². The second-order valence-corrected chi connectivity index (χ2v) is 7.30. The second kappa shape index (κ2) is 8.15. The van der Waals surface area contributed by atoms with Crippen LogP contribution >= 0.6 is 11.6 Å². The number of esters is 1. The van der Waals surface area contributed by atoms with E-state index in [0.29, 0.717) is 16.3 Å². The van der Waals surface area contributed by atoms with Crippen molar-refractivity contribution in [2.75, 3.05) is 24.6 Å². The van der Waals surface area contributed by atoms with Gasteiger partial charge in [-0.05, 0) is 50.8 Å². The van der Waals surface area contributed by atoms with Gasteiger partial charge in [0.1, 0.15) is 17.4 Å². The lowest BCUT2D eigenvalue weighted by atomic mass is 9.82. The molecule has 1 aromatic carbocycles. The maximum atomic E-state index is 12.6. The number of allylic oxidation sites excluding steroid dienone is 2. The highest BCUT2D eigenvalue weighted by atomic mass is 35.5. The number of carbonyl (C=O) groups excluding carboxylic acids is 1. The molecule has 0 aromatic heterocycles. The molecule has 0 aliphatic carbocycles. The van der Waals surface area contributed by atoms with Gasteiger partial charge in [0.2, 0.25) is 5.88 Å². The van der Waals surface area contributed by atoms with Crippen LogP contribution in [-0.2, 0) is 14.3 Å². The number of halogens is 1. The predicted octanol–water partition coefficient (Wildman–Crippen LogP) is 3.89. The number of nitrogens with two attached hydrogens (primary N) is 1. The van der Waals surface area contributed by atoms with Gasteiger partial charge < -0.3 is 20.1 Å². The highest BCUT2D eigenvalue weighted by Gasteiger charge is 2.38. The molecule has 2 aliphatic heterocycles. The van der Waals surface area contributed by atoms with Gasteiger partial charge in [0, 0.05) is 23.8 Å². The smallest absolute Gasteiger partial charge is 0.338 e. The molecule has 2 aliphatic rings. The fourth-order valence-corrected chi connectivity index (χ4v) is 4.15. The van der Waals surface area contributed by atoms with Gasteiger partial charge >= 0.3 is 5.97 Å². The summed E-state index contributed by atoms with van der Waals surface area (Å²) in [6.45, 7) is 7.53. The standard InChI is InChI=1S/C21H24ClN3O3/c1-4-27-21(26)17-13(3)28-20(24)15(11-23)18(17)14-7-8-16(12(2)19(14)22)25-9-5-6-10-25/h7-8,18H,4-6,9-10,24H2,1-3H3. The van der Waals surface area contributed by atoms with Crippen LogP contribution in [0.3, 0.4) is 0 Å². The van der Waals surface area contributed by atoms with Crippen LogP contribution in [0.1, 0.15) is 43.7 Å². The third-order valence-corrected chi connectivity index (χ3v) is 5.75. The fraction of sp³-hybridized carbons (Fsp3) is 0.429. The molecular formula is C21H24ClN3O3. The zero-order valence-electron chi connectivity index (χ0n) is 16.3. The third kappa shape index (κ3) is 3.43. The average Bonchev–Trinajstić information content (AvgIpc) is 3.18. The van der Waals surface area contributed by atoms with Crippen LogP contribution in [0.2, 0.25) is 5.02 Å². The summed E-state index contributed by atoms with van der Waals surface area (Å²) in [7, 11) is 0. The van der Waals surface area contributed by atoms with Crippen LogP contribution in [0.5, 0.6) is 0 Å². The molecule has 6 nitrogen and oxygen atoms in total. The summed E-state index contributed by atoms with van der Waals surface area (Å²) in [5.41, 5.74) is 9.01. The molecular weight excluding hydrogens is 378 g/mol. The van der Waals surface area contributed by atoms with E-state index < -0.39 is 11.9 Å². The number of carbonyl (C=O) groups is 1. The molecule has 1 saturated heterocycles. The van der Waals surface area contributed by atoms with Crippen molar-refractivity contribution >= 4 is 23.3 Å². The minimum atomic E-state index is -0.725. The maximum absolute atomic E-state index is 12.6. The molecule has 0 amide bonds. The van der Waals surface area contributed by atoms with E-state index in [1.54, 1.807) is 13.8 Å². The Bertz CT molecular complexity index is 908. The number of ether oxygens (including phenoxy) is 2. The van der Waals surface area contributed by atoms with E-state index in [-0.39, 0.29) is 23.6 Å². The average molecular weight is 402 g/mol. The van der Waals surface area contributed by atoms with Crippen molar-refractivity contribution in [1.82, 2.24) is 0 Å². The molecule has 3 rings (SSSR count). The van der Waals surface area contributed by atoms with Gasteiger partial charge in [-0.3, -0.25) is 0 Å². The van der Waals surface area contributed by atoms with Crippen LogP contribution in [0.4, 0.5) is 5.69 Å². The molecule has 0 saturated carbocycles. The van der Waals surface area contributed by atoms with Crippen LogP contribution in [0, 0.1) is 18.3 Å². The van der Waals surface area contributed by atoms with Gasteiger partial charge in [-0.2, -0.15) is 5.26 Å². The number of nitriles is 1. The normalized spacial score (nSPS) is 19.5. The molecule has 0 bridgehead atoms. The van der Waals surface area contributed by atoms with Crippen molar-refractivity contribution in [3.8, 4) is 6.07 Å². The van der Waals surface area contributed by atoms with Gasteiger partial charge in [-0.1, -0.05) is 17.7 Å². The van der Waals surface area contributed by atoms with E-state index in [4.69, 9.17) is 26.8 Å². The second-order valence-electron chi connectivity index (χ2n) is 6.92. The number of rotatable bonds is 4. The number of nitrogens with zero attached hydrogens (tertiary/aromatic N) is 2. The fourth-order valence-electron chi connectivity index (χ4n) is 3.89. The number of hydrogen-bond donors (Lipinski definition) is 1. The summed E-state index contributed by atoms with van der Waals surface area (Å²) in [5, 5.41) is 10.2. The first-order valence-electron chi connectivity index (χ1n) is 9.40. The van der Waals surface area contributed by atoms with Crippen LogP contribution in [-0.4, -0.2) is 25.7 Å². The van der Waals surface area contributed by atoms with E-state index >= 15 is 0 Å². The molecule has 0 radical (unpaired) electrons. The summed E-state index contributed by atoms with van der Waals surface area (Å²) < 4.78 is 10.7. The Morgan fingerprint density at radius 3 is 2.68 bits per heavy atom. The molecule has 1 unspecified atom stereocenters. The SMILES string of the molecule is CCOC(=O)C1=C(C)OC(N)=C(C#N)C1c1ccc(N2CCCC2)c(C)c1Cl. The van der Waals surface area contributed by atoms with Crippen molar-refractivity contribution < 1.29 is 14.3 Å². The molecule has 1 aromatic rings. The minimum absolute atomic E-state index is 0.0182. The van der Waals surface area contributed by atoms with E-state index in [1.165, 1.54) is 0 Å². The van der Waals surface area contributed by atoms with Crippen LogP contribution in [0.25, 0.3) is 0 Å². The Balaban J connectivity index is 2.14. The summed E-state index contributed by atoms with van der Waals surface area (Å²) in [5.74, 6) is -0.966. The van der Waals surface area contributed by atoms with Crippen molar-refractivity contribution in [3.63, 3.8) is 0 Å². The lowest BCUT2D eigenvalue weighted by Crippen LogP contribution is -2.26. The Labute approximate surface area is 170 Å². The highest BCUT2D eigenvalue weighted by molar-refractivity contribution is 6.32. The molecule has 2 N–H and O–H groups in total. The number of benzene rings is 1. The predicted molar refractivity (Wildman–Crippen MR) is 108 cm³/mol. The molecule has 148 valence electrons. The van der Waals surface area contributed by atoms with Crippen LogP contribution in [0.15, 0.2) is 34.9 Å². The van der Waals surface area contributed by atoms with E-state index in [2.05, 4.69) is 11.0 Å². The first-order valence-corrected chi connectivity index (χ1v) is 9.77. The van der Waals surface area contributed by atoms with E-state index in [1.807, 2.05) is 19.1 Å². The van der Waals surface area contributed by atoms with Gasteiger partial charge in [0.05, 0.1) is 18.1 Å². The van der Waals surface area contributed by atoms with Gasteiger partial charge in [-0.25, -0.2) is 4.79 Å². The lowest BCUT2D eigenvalue weighted by Gasteiger charge is -2.29. The monoisotopic (exact) mass is 401 g/mol. The molecule has 2 heterocycles. The summed E-state index contributed by atoms with van der Waals surface area (Å²) >= 11 is 6.76. The van der Waals surface area contributed by atoms with Gasteiger partial charge in [0.15, 0.2) is 0 Å². The number of anilines is 1. The topological polar surface area (TPSA) is 88.6 Å². The Morgan fingerprint density at radius 2 is 2.07 bits per heavy atom. The Morgan fingerprint density at radius 1 is 1.39 bits per heavy atom. The van der Waals surface area contributed by atoms with Crippen molar-refractivity contribution in [3.05, 3.63) is 51.1 Å². The highest BCUT2D eigenvalue weighted by Crippen LogP contribution is 2.44. The Kier molecular flexibility index (Phi) is 5.85. The zero-order valence-corrected chi connectivity index (χ0v) is 17.1. The zero-order chi connectivity index (χ0) is 20.4. The summed E-state index contributed by atoms with van der Waals surface area (Å²) in [6.07, 6.45) is 2.32. The van der Waals surface area contributed by atoms with Crippen molar-refractivity contribution in [2.45, 2.75) is 39.5 Å².